The van der Waals surface area contributed by atoms with Gasteiger partial charge in [0.05, 0.1) is 12.1 Å². The van der Waals surface area contributed by atoms with Crippen LogP contribution in [0.4, 0.5) is 10.2 Å². The minimum absolute atomic E-state index is 0.0195. The molecule has 0 bridgehead atoms. The molecule has 0 radical (unpaired) electrons. The quantitative estimate of drug-likeness (QED) is 0.832. The largest absolute Gasteiger partial charge is 0.359 e. The fourth-order valence-electron chi connectivity index (χ4n) is 1.43. The van der Waals surface area contributed by atoms with Crippen LogP contribution in [0.15, 0.2) is 18.3 Å². The van der Waals surface area contributed by atoms with Crippen LogP contribution in [0.5, 0.6) is 0 Å². The summed E-state index contributed by atoms with van der Waals surface area (Å²) in [6.45, 7) is 2.37. The second kappa shape index (κ2) is 5.44. The van der Waals surface area contributed by atoms with Gasteiger partial charge >= 0.3 is 0 Å². The minimum atomic E-state index is -0.364. The molecule has 0 aromatic carbocycles. The van der Waals surface area contributed by atoms with Crippen molar-refractivity contribution in [2.24, 2.45) is 5.92 Å². The molecule has 1 aromatic rings. The summed E-state index contributed by atoms with van der Waals surface area (Å²) in [5.74, 6) is 0.129. The van der Waals surface area contributed by atoms with Gasteiger partial charge in [-0.15, -0.1) is 0 Å². The first-order valence-electron chi connectivity index (χ1n) is 5.09. The summed E-state index contributed by atoms with van der Waals surface area (Å²) in [5.41, 5.74) is 0. The Balaban J connectivity index is 2.61. The van der Waals surface area contributed by atoms with Crippen molar-refractivity contribution in [1.29, 1.82) is 0 Å². The van der Waals surface area contributed by atoms with E-state index in [1.54, 1.807) is 13.1 Å². The van der Waals surface area contributed by atoms with E-state index < -0.39 is 0 Å². The lowest BCUT2D eigenvalue weighted by Gasteiger charge is -2.21. The first-order chi connectivity index (χ1) is 7.54. The summed E-state index contributed by atoms with van der Waals surface area (Å²) >= 11 is 0. The van der Waals surface area contributed by atoms with E-state index in [4.69, 9.17) is 0 Å². The van der Waals surface area contributed by atoms with Crippen LogP contribution in [-0.2, 0) is 4.79 Å². The first kappa shape index (κ1) is 12.4. The lowest BCUT2D eigenvalue weighted by Crippen LogP contribution is -2.34. The van der Waals surface area contributed by atoms with E-state index in [-0.39, 0.29) is 17.6 Å². The van der Waals surface area contributed by atoms with Gasteiger partial charge in [-0.3, -0.25) is 4.79 Å². The molecule has 0 aliphatic rings. The fourth-order valence-corrected chi connectivity index (χ4v) is 1.43. The Bertz CT molecular complexity index is 353. The number of nitrogens with zero attached hydrogens (tertiary/aromatic N) is 2. The third-order valence-corrected chi connectivity index (χ3v) is 2.34. The average molecular weight is 225 g/mol. The zero-order chi connectivity index (χ0) is 12.1. The minimum Gasteiger partial charge on any atom is -0.359 e. The van der Waals surface area contributed by atoms with Crippen molar-refractivity contribution in [3.63, 3.8) is 0 Å². The Morgan fingerprint density at radius 3 is 2.81 bits per heavy atom. The maximum Gasteiger partial charge on any atom is 0.224 e. The number of aromatic nitrogens is 1. The van der Waals surface area contributed by atoms with Crippen LogP contribution < -0.4 is 10.2 Å². The Kier molecular flexibility index (Phi) is 4.22. The lowest BCUT2D eigenvalue weighted by atomic mass is 10.1. The van der Waals surface area contributed by atoms with Gasteiger partial charge in [0.15, 0.2) is 0 Å². The van der Waals surface area contributed by atoms with Gasteiger partial charge in [0.2, 0.25) is 5.91 Å². The van der Waals surface area contributed by atoms with E-state index in [2.05, 4.69) is 10.3 Å². The van der Waals surface area contributed by atoms with Crippen molar-refractivity contribution < 1.29 is 9.18 Å². The van der Waals surface area contributed by atoms with Gasteiger partial charge in [-0.05, 0) is 12.1 Å². The van der Waals surface area contributed by atoms with Gasteiger partial charge in [0, 0.05) is 20.6 Å². The number of anilines is 1. The molecule has 16 heavy (non-hydrogen) atoms. The predicted molar refractivity (Wildman–Crippen MR) is 60.7 cm³/mol. The molecule has 0 aliphatic heterocycles. The molecule has 5 heteroatoms. The van der Waals surface area contributed by atoms with Crippen LogP contribution in [0.1, 0.15) is 6.92 Å². The number of hydrogen-bond acceptors (Lipinski definition) is 3. The van der Waals surface area contributed by atoms with Gasteiger partial charge in [-0.1, -0.05) is 6.92 Å². The standard InChI is InChI=1S/C11H16FN3O/c1-8(11(16)13-2)7-15(3)10-5-4-9(12)6-14-10/h4-6,8H,7H2,1-3H3,(H,13,16)/t8-/m0/s1. The Morgan fingerprint density at radius 1 is 1.62 bits per heavy atom. The SMILES string of the molecule is CNC(=O)[C@@H](C)CN(C)c1ccc(F)cn1. The molecular weight excluding hydrogens is 209 g/mol. The summed E-state index contributed by atoms with van der Waals surface area (Å²) in [6, 6.07) is 2.94. The smallest absolute Gasteiger partial charge is 0.224 e. The van der Waals surface area contributed by atoms with Crippen molar-refractivity contribution in [3.8, 4) is 0 Å². The van der Waals surface area contributed by atoms with Gasteiger partial charge < -0.3 is 10.2 Å². The molecule has 0 aliphatic carbocycles. The molecule has 1 amide bonds. The molecule has 1 atom stereocenters. The highest BCUT2D eigenvalue weighted by molar-refractivity contribution is 5.78. The van der Waals surface area contributed by atoms with Crippen LogP contribution in [0, 0.1) is 11.7 Å². The number of amides is 1. The van der Waals surface area contributed by atoms with E-state index in [1.807, 2.05) is 18.9 Å². The first-order valence-corrected chi connectivity index (χ1v) is 5.09. The number of pyridine rings is 1. The summed E-state index contributed by atoms with van der Waals surface area (Å²) < 4.78 is 12.7. The van der Waals surface area contributed by atoms with Gasteiger partial charge in [0.25, 0.3) is 0 Å². The van der Waals surface area contributed by atoms with Gasteiger partial charge in [-0.25, -0.2) is 9.37 Å². The molecule has 88 valence electrons. The Labute approximate surface area is 94.5 Å². The topological polar surface area (TPSA) is 45.2 Å². The zero-order valence-electron chi connectivity index (χ0n) is 9.70. The monoisotopic (exact) mass is 225 g/mol. The van der Waals surface area contributed by atoms with E-state index in [1.165, 1.54) is 6.07 Å². The van der Waals surface area contributed by atoms with Gasteiger partial charge in [0.1, 0.15) is 11.6 Å². The van der Waals surface area contributed by atoms with E-state index >= 15 is 0 Å². The van der Waals surface area contributed by atoms with Crippen LogP contribution in [0.2, 0.25) is 0 Å². The van der Waals surface area contributed by atoms with Crippen LogP contribution >= 0.6 is 0 Å². The number of hydrogen-bond donors (Lipinski definition) is 1. The van der Waals surface area contributed by atoms with E-state index in [0.717, 1.165) is 6.20 Å². The van der Waals surface area contributed by atoms with Crippen molar-refractivity contribution in [2.45, 2.75) is 6.92 Å². The van der Waals surface area contributed by atoms with E-state index in [9.17, 15) is 9.18 Å². The number of nitrogens with one attached hydrogen (secondary N) is 1. The normalized spacial score (nSPS) is 12.0. The molecule has 1 aromatic heterocycles. The van der Waals surface area contributed by atoms with Gasteiger partial charge in [-0.2, -0.15) is 0 Å². The molecule has 1 N–H and O–H groups in total. The summed E-state index contributed by atoms with van der Waals surface area (Å²) in [6.07, 6.45) is 1.16. The zero-order valence-corrected chi connectivity index (χ0v) is 9.70. The molecule has 0 fully saturated rings. The van der Waals surface area contributed by atoms with Crippen LogP contribution in [0.25, 0.3) is 0 Å². The summed E-state index contributed by atoms with van der Waals surface area (Å²) in [4.78, 5) is 17.1. The number of carbonyl (C=O) groups excluding carboxylic acids is 1. The molecule has 0 saturated heterocycles. The van der Waals surface area contributed by atoms with Crippen LogP contribution in [0.3, 0.4) is 0 Å². The highest BCUT2D eigenvalue weighted by Crippen LogP contribution is 2.10. The highest BCUT2D eigenvalue weighted by Gasteiger charge is 2.14. The molecular formula is C11H16FN3O. The summed E-state index contributed by atoms with van der Waals surface area (Å²) in [7, 11) is 3.43. The number of rotatable bonds is 4. The maximum atomic E-state index is 12.7. The lowest BCUT2D eigenvalue weighted by molar-refractivity contribution is -0.123. The predicted octanol–water partition coefficient (Wildman–Crippen LogP) is 1.04. The second-order valence-electron chi connectivity index (χ2n) is 3.73. The number of carbonyl (C=O) groups is 1. The molecule has 1 rings (SSSR count). The molecule has 0 spiro atoms. The third-order valence-electron chi connectivity index (χ3n) is 2.34. The second-order valence-corrected chi connectivity index (χ2v) is 3.73. The average Bonchev–Trinajstić information content (AvgIpc) is 2.28. The molecule has 0 unspecified atom stereocenters. The third kappa shape index (κ3) is 3.18. The summed E-state index contributed by atoms with van der Waals surface area (Å²) in [5, 5.41) is 2.58. The molecule has 0 saturated carbocycles. The van der Waals surface area contributed by atoms with Crippen molar-refractivity contribution in [2.75, 3.05) is 25.5 Å². The molecule has 1 heterocycles. The highest BCUT2D eigenvalue weighted by atomic mass is 19.1. The van der Waals surface area contributed by atoms with Crippen molar-refractivity contribution in [3.05, 3.63) is 24.1 Å². The number of halogens is 1. The Hall–Kier alpha value is -1.65. The fraction of sp³-hybridized carbons (Fsp3) is 0.455. The van der Waals surface area contributed by atoms with Crippen LogP contribution in [-0.4, -0.2) is 31.5 Å². The maximum absolute atomic E-state index is 12.7. The van der Waals surface area contributed by atoms with E-state index in [0.29, 0.717) is 12.4 Å². The van der Waals surface area contributed by atoms with Crippen molar-refractivity contribution in [1.82, 2.24) is 10.3 Å². The molecule has 4 nitrogen and oxygen atoms in total. The van der Waals surface area contributed by atoms with Crippen molar-refractivity contribution >= 4 is 11.7 Å². The Morgan fingerprint density at radius 2 is 2.31 bits per heavy atom.